The van der Waals surface area contributed by atoms with Gasteiger partial charge in [0.2, 0.25) is 0 Å². The lowest BCUT2D eigenvalue weighted by molar-refractivity contribution is 0.280. The predicted molar refractivity (Wildman–Crippen MR) is 82.7 cm³/mol. The van der Waals surface area contributed by atoms with Crippen molar-refractivity contribution < 1.29 is 0 Å². The monoisotopic (exact) mass is 260 g/mol. The lowest BCUT2D eigenvalue weighted by Crippen LogP contribution is -2.28. The van der Waals surface area contributed by atoms with Crippen LogP contribution in [0.2, 0.25) is 0 Å². The topological polar surface area (TPSA) is 15.3 Å². The number of rotatable bonds is 7. The fourth-order valence-corrected chi connectivity index (χ4v) is 2.83. The van der Waals surface area contributed by atoms with E-state index in [4.69, 9.17) is 0 Å². The summed E-state index contributed by atoms with van der Waals surface area (Å²) in [7, 11) is 0. The third-order valence-electron chi connectivity index (χ3n) is 4.02. The summed E-state index contributed by atoms with van der Waals surface area (Å²) >= 11 is 0. The highest BCUT2D eigenvalue weighted by molar-refractivity contribution is 5.28. The molecule has 2 rings (SSSR count). The molecule has 106 valence electrons. The first-order valence-corrected chi connectivity index (χ1v) is 7.90. The fourth-order valence-electron chi connectivity index (χ4n) is 2.83. The first-order chi connectivity index (χ1) is 9.40. The molecular formula is C17H28N2. The van der Waals surface area contributed by atoms with Crippen LogP contribution in [-0.4, -0.2) is 37.6 Å². The van der Waals surface area contributed by atoms with Crippen molar-refractivity contribution in [2.24, 2.45) is 0 Å². The van der Waals surface area contributed by atoms with Crippen LogP contribution in [0.3, 0.4) is 0 Å². The van der Waals surface area contributed by atoms with E-state index in [0.717, 1.165) is 0 Å². The fraction of sp³-hybridized carbons (Fsp3) is 0.647. The van der Waals surface area contributed by atoms with Gasteiger partial charge >= 0.3 is 0 Å². The molecule has 0 fully saturated rings. The Kier molecular flexibility index (Phi) is 6.38. The van der Waals surface area contributed by atoms with Crippen LogP contribution in [0.15, 0.2) is 24.3 Å². The van der Waals surface area contributed by atoms with Crippen molar-refractivity contribution in [2.75, 3.05) is 32.7 Å². The first kappa shape index (κ1) is 14.5. The summed E-state index contributed by atoms with van der Waals surface area (Å²) in [5.74, 6) is 0. The van der Waals surface area contributed by atoms with Crippen molar-refractivity contribution in [1.29, 1.82) is 0 Å². The average molecular weight is 260 g/mol. The van der Waals surface area contributed by atoms with Gasteiger partial charge in [0.15, 0.2) is 0 Å². The standard InChI is InChI=1S/C17H28N2/c1-2-11-18-12-5-6-13-19-14-9-16-7-3-4-8-17(16)10-15-19/h3-4,7-8,18H,2,5-6,9-15H2,1H3. The smallest absolute Gasteiger partial charge is 0.00221 e. The van der Waals surface area contributed by atoms with Gasteiger partial charge in [-0.15, -0.1) is 0 Å². The summed E-state index contributed by atoms with van der Waals surface area (Å²) in [6, 6.07) is 8.95. The van der Waals surface area contributed by atoms with Gasteiger partial charge in [-0.3, -0.25) is 0 Å². The molecule has 0 saturated carbocycles. The normalized spacial score (nSPS) is 16.1. The maximum Gasteiger partial charge on any atom is 0.00221 e. The minimum Gasteiger partial charge on any atom is -0.317 e. The molecule has 0 aromatic heterocycles. The molecule has 1 N–H and O–H groups in total. The van der Waals surface area contributed by atoms with E-state index in [-0.39, 0.29) is 0 Å². The lowest BCUT2D eigenvalue weighted by Gasteiger charge is -2.19. The zero-order chi connectivity index (χ0) is 13.3. The Bertz CT molecular complexity index is 335. The second kappa shape index (κ2) is 8.34. The Balaban J connectivity index is 1.65. The van der Waals surface area contributed by atoms with E-state index in [2.05, 4.69) is 41.4 Å². The summed E-state index contributed by atoms with van der Waals surface area (Å²) in [4.78, 5) is 2.64. The van der Waals surface area contributed by atoms with E-state index in [0.29, 0.717) is 0 Å². The third-order valence-corrected chi connectivity index (χ3v) is 4.02. The second-order valence-corrected chi connectivity index (χ2v) is 5.57. The molecule has 1 heterocycles. The van der Waals surface area contributed by atoms with Gasteiger partial charge < -0.3 is 10.2 Å². The summed E-state index contributed by atoms with van der Waals surface area (Å²) in [6.07, 6.45) is 6.33. The molecule has 1 aliphatic heterocycles. The van der Waals surface area contributed by atoms with E-state index in [1.54, 1.807) is 11.1 Å². The van der Waals surface area contributed by atoms with Gasteiger partial charge in [0.1, 0.15) is 0 Å². The number of unbranched alkanes of at least 4 members (excludes halogenated alkanes) is 1. The molecule has 0 unspecified atom stereocenters. The van der Waals surface area contributed by atoms with Gasteiger partial charge in [-0.25, -0.2) is 0 Å². The molecule has 0 radical (unpaired) electrons. The Hall–Kier alpha value is -0.860. The largest absolute Gasteiger partial charge is 0.317 e. The molecule has 0 saturated heterocycles. The van der Waals surface area contributed by atoms with Crippen molar-refractivity contribution in [2.45, 2.75) is 39.0 Å². The van der Waals surface area contributed by atoms with Gasteiger partial charge in [-0.2, -0.15) is 0 Å². The highest BCUT2D eigenvalue weighted by atomic mass is 15.1. The summed E-state index contributed by atoms with van der Waals surface area (Å²) < 4.78 is 0. The lowest BCUT2D eigenvalue weighted by atomic mass is 10.0. The molecule has 1 aromatic carbocycles. The molecule has 2 nitrogen and oxygen atoms in total. The molecule has 0 spiro atoms. The van der Waals surface area contributed by atoms with Crippen molar-refractivity contribution in [3.8, 4) is 0 Å². The average Bonchev–Trinajstić information content (AvgIpc) is 2.65. The van der Waals surface area contributed by atoms with Crippen molar-refractivity contribution in [3.05, 3.63) is 35.4 Å². The molecule has 0 amide bonds. The molecule has 0 aliphatic carbocycles. The van der Waals surface area contributed by atoms with Gasteiger partial charge in [0, 0.05) is 13.1 Å². The number of fused-ring (bicyclic) bond motifs is 1. The molecule has 1 aliphatic rings. The van der Waals surface area contributed by atoms with Crippen LogP contribution in [0.5, 0.6) is 0 Å². The van der Waals surface area contributed by atoms with Crippen molar-refractivity contribution in [1.82, 2.24) is 10.2 Å². The summed E-state index contributed by atoms with van der Waals surface area (Å²) in [5.41, 5.74) is 3.13. The zero-order valence-corrected chi connectivity index (χ0v) is 12.3. The van der Waals surface area contributed by atoms with Gasteiger partial charge in [0.25, 0.3) is 0 Å². The van der Waals surface area contributed by atoms with Crippen LogP contribution in [0.1, 0.15) is 37.3 Å². The quantitative estimate of drug-likeness (QED) is 0.758. The van der Waals surface area contributed by atoms with E-state index >= 15 is 0 Å². The zero-order valence-electron chi connectivity index (χ0n) is 12.3. The SMILES string of the molecule is CCCNCCCCN1CCc2ccccc2CC1. The summed E-state index contributed by atoms with van der Waals surface area (Å²) in [6.45, 7) is 8.31. The van der Waals surface area contributed by atoms with Crippen LogP contribution in [-0.2, 0) is 12.8 Å². The Morgan fingerprint density at radius 1 is 1.00 bits per heavy atom. The first-order valence-electron chi connectivity index (χ1n) is 7.90. The van der Waals surface area contributed by atoms with Crippen LogP contribution in [0.25, 0.3) is 0 Å². The minimum atomic E-state index is 1.17. The number of benzene rings is 1. The second-order valence-electron chi connectivity index (χ2n) is 5.57. The molecule has 0 bridgehead atoms. The Morgan fingerprint density at radius 3 is 2.32 bits per heavy atom. The molecule has 2 heteroatoms. The Labute approximate surface area is 118 Å². The number of hydrogen-bond acceptors (Lipinski definition) is 2. The van der Waals surface area contributed by atoms with Crippen molar-refractivity contribution >= 4 is 0 Å². The van der Waals surface area contributed by atoms with Crippen LogP contribution in [0, 0.1) is 0 Å². The molecule has 0 atom stereocenters. The minimum absolute atomic E-state index is 1.17. The maximum atomic E-state index is 3.48. The van der Waals surface area contributed by atoms with E-state index < -0.39 is 0 Å². The third kappa shape index (κ3) is 4.96. The summed E-state index contributed by atoms with van der Waals surface area (Å²) in [5, 5.41) is 3.48. The van der Waals surface area contributed by atoms with Crippen LogP contribution >= 0.6 is 0 Å². The number of hydrogen-bond donors (Lipinski definition) is 1. The van der Waals surface area contributed by atoms with Gasteiger partial charge in [0.05, 0.1) is 0 Å². The van der Waals surface area contributed by atoms with Gasteiger partial charge in [-0.05, 0) is 62.9 Å². The number of nitrogens with one attached hydrogen (secondary N) is 1. The maximum absolute atomic E-state index is 3.48. The van der Waals surface area contributed by atoms with Crippen LogP contribution < -0.4 is 5.32 Å². The molecule has 1 aromatic rings. The highest BCUT2D eigenvalue weighted by Crippen LogP contribution is 2.15. The molecule has 19 heavy (non-hydrogen) atoms. The predicted octanol–water partition coefficient (Wildman–Crippen LogP) is 2.87. The van der Waals surface area contributed by atoms with Crippen molar-refractivity contribution in [3.63, 3.8) is 0 Å². The van der Waals surface area contributed by atoms with E-state index in [1.807, 2.05) is 0 Å². The molecular weight excluding hydrogens is 232 g/mol. The highest BCUT2D eigenvalue weighted by Gasteiger charge is 2.12. The van der Waals surface area contributed by atoms with Gasteiger partial charge in [-0.1, -0.05) is 31.2 Å². The Morgan fingerprint density at radius 2 is 1.68 bits per heavy atom. The number of nitrogens with zero attached hydrogens (tertiary/aromatic N) is 1. The van der Waals surface area contributed by atoms with E-state index in [1.165, 1.54) is 64.8 Å². The van der Waals surface area contributed by atoms with E-state index in [9.17, 15) is 0 Å². The van der Waals surface area contributed by atoms with Crippen LogP contribution in [0.4, 0.5) is 0 Å².